The highest BCUT2D eigenvalue weighted by Crippen LogP contribution is 2.13. The molecule has 2 amide bonds. The van der Waals surface area contributed by atoms with E-state index in [-0.39, 0.29) is 23.7 Å². The maximum atomic E-state index is 11.3. The zero-order valence-corrected chi connectivity index (χ0v) is 8.74. The van der Waals surface area contributed by atoms with Gasteiger partial charge in [-0.15, -0.1) is 10.2 Å². The number of hydrogen-bond donors (Lipinski definition) is 3. The summed E-state index contributed by atoms with van der Waals surface area (Å²) in [5, 5.41) is 12.4. The molecule has 0 spiro atoms. The molecule has 0 saturated carbocycles. The predicted molar refractivity (Wildman–Crippen MR) is 56.1 cm³/mol. The quantitative estimate of drug-likeness (QED) is 0.602. The van der Waals surface area contributed by atoms with Gasteiger partial charge >= 0.3 is 0 Å². The van der Waals surface area contributed by atoms with Crippen LogP contribution in [0.4, 0.5) is 11.9 Å². The Kier molecular flexibility index (Phi) is 2.31. The molecule has 1 aromatic heterocycles. The van der Waals surface area contributed by atoms with Crippen molar-refractivity contribution in [2.24, 2.45) is 0 Å². The van der Waals surface area contributed by atoms with E-state index in [1.807, 2.05) is 0 Å². The molecule has 2 heterocycles. The Balaban J connectivity index is 2.38. The van der Waals surface area contributed by atoms with E-state index >= 15 is 0 Å². The number of amides is 2. The maximum absolute atomic E-state index is 11.3. The van der Waals surface area contributed by atoms with E-state index in [0.717, 1.165) is 0 Å². The van der Waals surface area contributed by atoms with Crippen molar-refractivity contribution < 1.29 is 9.59 Å². The molecule has 1 aromatic rings. The fourth-order valence-corrected chi connectivity index (χ4v) is 1.26. The minimum absolute atomic E-state index is 0.220. The molecule has 0 bridgehead atoms. The highest BCUT2D eigenvalue weighted by atomic mass is 16.2. The zero-order chi connectivity index (χ0) is 11.7. The molecule has 8 nitrogen and oxygen atoms in total. The summed E-state index contributed by atoms with van der Waals surface area (Å²) in [6.45, 7) is 3.08. The SMILES string of the molecule is CC(=O)Nc1nnc2n1NC(C)=CC(=O)N2. The molecular weight excluding hydrogens is 212 g/mol. The molecule has 0 radical (unpaired) electrons. The van der Waals surface area contributed by atoms with Gasteiger partial charge in [-0.2, -0.15) is 4.68 Å². The summed E-state index contributed by atoms with van der Waals surface area (Å²) in [6.07, 6.45) is 1.38. The van der Waals surface area contributed by atoms with Crippen molar-refractivity contribution in [2.75, 3.05) is 16.1 Å². The van der Waals surface area contributed by atoms with Crippen LogP contribution in [0.25, 0.3) is 0 Å². The molecule has 0 aliphatic carbocycles. The smallest absolute Gasteiger partial charge is 0.252 e. The average Bonchev–Trinajstić information content (AvgIpc) is 2.44. The van der Waals surface area contributed by atoms with Gasteiger partial charge < -0.3 is 0 Å². The minimum Gasteiger partial charge on any atom is -0.293 e. The number of anilines is 2. The summed E-state index contributed by atoms with van der Waals surface area (Å²) in [5.41, 5.74) is 3.48. The molecule has 0 saturated heterocycles. The van der Waals surface area contributed by atoms with Gasteiger partial charge in [-0.1, -0.05) is 0 Å². The summed E-state index contributed by atoms with van der Waals surface area (Å²) < 4.78 is 1.39. The number of aromatic nitrogens is 3. The predicted octanol–water partition coefficient (Wildman–Crippen LogP) is -0.364. The molecular formula is C8H10N6O2. The van der Waals surface area contributed by atoms with Crippen LogP contribution in [0.1, 0.15) is 13.8 Å². The van der Waals surface area contributed by atoms with Crippen LogP contribution >= 0.6 is 0 Å². The number of hydrogen-bond acceptors (Lipinski definition) is 5. The first kappa shape index (κ1) is 10.1. The van der Waals surface area contributed by atoms with Crippen molar-refractivity contribution in [3.8, 4) is 0 Å². The van der Waals surface area contributed by atoms with E-state index in [4.69, 9.17) is 0 Å². The third kappa shape index (κ3) is 1.85. The first-order chi connectivity index (χ1) is 7.56. The van der Waals surface area contributed by atoms with Crippen LogP contribution in [0, 0.1) is 0 Å². The van der Waals surface area contributed by atoms with Gasteiger partial charge in [0.2, 0.25) is 5.91 Å². The highest BCUT2D eigenvalue weighted by molar-refractivity contribution is 5.99. The van der Waals surface area contributed by atoms with E-state index in [1.54, 1.807) is 6.92 Å². The molecule has 84 valence electrons. The van der Waals surface area contributed by atoms with Crippen molar-refractivity contribution >= 4 is 23.7 Å². The first-order valence-corrected chi connectivity index (χ1v) is 4.55. The van der Waals surface area contributed by atoms with Crippen LogP contribution < -0.4 is 16.1 Å². The van der Waals surface area contributed by atoms with E-state index in [1.165, 1.54) is 17.7 Å². The zero-order valence-electron chi connectivity index (χ0n) is 8.74. The summed E-state index contributed by atoms with van der Waals surface area (Å²) in [6, 6.07) is 0. The van der Waals surface area contributed by atoms with Gasteiger partial charge in [0.25, 0.3) is 17.8 Å². The van der Waals surface area contributed by atoms with E-state index in [0.29, 0.717) is 5.70 Å². The molecule has 0 unspecified atom stereocenters. The van der Waals surface area contributed by atoms with Crippen LogP contribution in [0.2, 0.25) is 0 Å². The van der Waals surface area contributed by atoms with Crippen molar-refractivity contribution in [2.45, 2.75) is 13.8 Å². The number of allylic oxidation sites excluding steroid dienone is 1. The lowest BCUT2D eigenvalue weighted by Gasteiger charge is -2.09. The molecule has 16 heavy (non-hydrogen) atoms. The highest BCUT2D eigenvalue weighted by Gasteiger charge is 2.17. The molecule has 3 N–H and O–H groups in total. The van der Waals surface area contributed by atoms with Crippen LogP contribution in [0.15, 0.2) is 11.8 Å². The van der Waals surface area contributed by atoms with Crippen LogP contribution in [0.5, 0.6) is 0 Å². The minimum atomic E-state index is -0.300. The lowest BCUT2D eigenvalue weighted by Crippen LogP contribution is -2.19. The molecule has 8 heteroatoms. The van der Waals surface area contributed by atoms with Gasteiger partial charge in [-0.25, -0.2) is 0 Å². The Morgan fingerprint density at radius 1 is 1.50 bits per heavy atom. The van der Waals surface area contributed by atoms with Crippen molar-refractivity contribution in [3.05, 3.63) is 11.8 Å². The second kappa shape index (κ2) is 3.65. The Hall–Kier alpha value is -2.38. The molecule has 1 aliphatic heterocycles. The lowest BCUT2D eigenvalue weighted by atomic mass is 10.4. The van der Waals surface area contributed by atoms with Gasteiger partial charge in [0, 0.05) is 18.7 Å². The van der Waals surface area contributed by atoms with E-state index in [2.05, 4.69) is 26.3 Å². The van der Waals surface area contributed by atoms with Crippen molar-refractivity contribution in [1.82, 2.24) is 14.9 Å². The second-order valence-electron chi connectivity index (χ2n) is 3.29. The number of nitrogens with one attached hydrogen (secondary N) is 3. The Labute approximate surface area is 90.7 Å². The Morgan fingerprint density at radius 3 is 2.94 bits per heavy atom. The van der Waals surface area contributed by atoms with Crippen LogP contribution in [-0.2, 0) is 9.59 Å². The Morgan fingerprint density at radius 2 is 2.25 bits per heavy atom. The van der Waals surface area contributed by atoms with E-state index < -0.39 is 0 Å². The normalized spacial score (nSPS) is 14.1. The molecule has 2 rings (SSSR count). The summed E-state index contributed by atoms with van der Waals surface area (Å²) in [7, 11) is 0. The lowest BCUT2D eigenvalue weighted by molar-refractivity contribution is -0.114. The third-order valence-electron chi connectivity index (χ3n) is 1.82. The molecule has 0 atom stereocenters. The van der Waals surface area contributed by atoms with Crippen molar-refractivity contribution in [3.63, 3.8) is 0 Å². The monoisotopic (exact) mass is 222 g/mol. The molecule has 0 fully saturated rings. The second-order valence-corrected chi connectivity index (χ2v) is 3.29. The summed E-state index contributed by atoms with van der Waals surface area (Å²) >= 11 is 0. The largest absolute Gasteiger partial charge is 0.293 e. The third-order valence-corrected chi connectivity index (χ3v) is 1.82. The van der Waals surface area contributed by atoms with Gasteiger partial charge in [-0.3, -0.25) is 25.6 Å². The topological polar surface area (TPSA) is 101 Å². The fourth-order valence-electron chi connectivity index (χ4n) is 1.26. The average molecular weight is 222 g/mol. The number of carbonyl (C=O) groups excluding carboxylic acids is 2. The maximum Gasteiger partial charge on any atom is 0.252 e. The van der Waals surface area contributed by atoms with Gasteiger partial charge in [-0.05, 0) is 6.92 Å². The van der Waals surface area contributed by atoms with Crippen LogP contribution in [-0.4, -0.2) is 26.7 Å². The standard InChI is InChI=1S/C8H10N6O2/c1-4-3-6(16)10-8-12-11-7(9-5(2)15)14(8)13-4/h3,13H,1-2H3,(H,9,11,15)(H,10,12,16). The number of rotatable bonds is 1. The van der Waals surface area contributed by atoms with Gasteiger partial charge in [0.1, 0.15) is 0 Å². The number of carbonyl (C=O) groups is 2. The molecule has 0 aromatic carbocycles. The van der Waals surface area contributed by atoms with Crippen molar-refractivity contribution in [1.29, 1.82) is 0 Å². The van der Waals surface area contributed by atoms with E-state index in [9.17, 15) is 9.59 Å². The fraction of sp³-hybridized carbons (Fsp3) is 0.250. The number of fused-ring (bicyclic) bond motifs is 1. The number of nitrogens with zero attached hydrogens (tertiary/aromatic N) is 3. The first-order valence-electron chi connectivity index (χ1n) is 4.55. The van der Waals surface area contributed by atoms with Gasteiger partial charge in [0.15, 0.2) is 0 Å². The van der Waals surface area contributed by atoms with Crippen LogP contribution in [0.3, 0.4) is 0 Å². The summed E-state index contributed by atoms with van der Waals surface area (Å²) in [5.74, 6) is -0.126. The van der Waals surface area contributed by atoms with Gasteiger partial charge in [0.05, 0.1) is 0 Å². The Bertz CT molecular complexity index is 489. The molecule has 1 aliphatic rings. The summed E-state index contributed by atoms with van der Waals surface area (Å²) in [4.78, 5) is 22.2.